The lowest BCUT2D eigenvalue weighted by atomic mass is 9.85. The number of amides is 1. The predicted molar refractivity (Wildman–Crippen MR) is 76.0 cm³/mol. The Morgan fingerprint density at radius 1 is 1.25 bits per heavy atom. The zero-order chi connectivity index (χ0) is 14.3. The van der Waals surface area contributed by atoms with Gasteiger partial charge in [-0.15, -0.1) is 0 Å². The second-order valence-corrected chi connectivity index (χ2v) is 5.60. The fraction of sp³-hybridized carbons (Fsp3) is 0.375. The van der Waals surface area contributed by atoms with Gasteiger partial charge in [0.25, 0.3) is 5.91 Å². The Morgan fingerprint density at radius 3 is 2.75 bits per heavy atom. The Hall–Kier alpha value is -2.10. The molecule has 1 fully saturated rings. The number of hydrogen-bond donors (Lipinski definition) is 0. The third-order valence-corrected chi connectivity index (χ3v) is 3.97. The monoisotopic (exact) mass is 270 g/mol. The van der Waals surface area contributed by atoms with Crippen molar-refractivity contribution < 1.29 is 9.59 Å². The van der Waals surface area contributed by atoms with E-state index in [1.54, 1.807) is 11.1 Å². The molecule has 1 atom stereocenters. The van der Waals surface area contributed by atoms with Crippen molar-refractivity contribution in [1.29, 1.82) is 0 Å². The highest BCUT2D eigenvalue weighted by Crippen LogP contribution is 2.37. The second-order valence-electron chi connectivity index (χ2n) is 5.60. The van der Waals surface area contributed by atoms with E-state index in [2.05, 4.69) is 6.07 Å². The number of ketones is 1. The van der Waals surface area contributed by atoms with Gasteiger partial charge in [-0.2, -0.15) is 0 Å². The van der Waals surface area contributed by atoms with Gasteiger partial charge in [-0.25, -0.2) is 0 Å². The first-order chi connectivity index (χ1) is 9.58. The van der Waals surface area contributed by atoms with Gasteiger partial charge in [-0.05, 0) is 17.5 Å². The number of hydrogen-bond acceptors (Lipinski definition) is 3. The highest BCUT2D eigenvalue weighted by Gasteiger charge is 2.40. The summed E-state index contributed by atoms with van der Waals surface area (Å²) < 4.78 is 0. The second kappa shape index (κ2) is 4.78. The molecule has 2 aliphatic rings. The fourth-order valence-corrected chi connectivity index (χ4v) is 3.06. The number of piperidine rings is 1. The molecule has 1 saturated heterocycles. The molecule has 0 aliphatic carbocycles. The Kier molecular flexibility index (Phi) is 3.08. The summed E-state index contributed by atoms with van der Waals surface area (Å²) in [7, 11) is 3.65. The van der Waals surface area contributed by atoms with E-state index in [0.717, 1.165) is 12.0 Å². The first-order valence-electron chi connectivity index (χ1n) is 6.88. The molecule has 1 aromatic rings. The van der Waals surface area contributed by atoms with E-state index in [1.807, 2.05) is 37.2 Å². The van der Waals surface area contributed by atoms with Gasteiger partial charge in [0.1, 0.15) is 0 Å². The SMILES string of the molecule is CN(C)C=C1C(=O)C[C@H]2c3ccccc3CCN2C1=O. The van der Waals surface area contributed by atoms with Gasteiger partial charge >= 0.3 is 0 Å². The molecule has 1 amide bonds. The molecular weight excluding hydrogens is 252 g/mol. The lowest BCUT2D eigenvalue weighted by Crippen LogP contribution is -2.47. The molecular formula is C16H18N2O2. The van der Waals surface area contributed by atoms with E-state index in [4.69, 9.17) is 0 Å². The third-order valence-electron chi connectivity index (χ3n) is 3.97. The zero-order valence-corrected chi connectivity index (χ0v) is 11.8. The number of Topliss-reactive ketones (excluding diaryl/α,β-unsaturated/α-hetero) is 1. The summed E-state index contributed by atoms with van der Waals surface area (Å²) >= 11 is 0. The minimum absolute atomic E-state index is 0.0540. The van der Waals surface area contributed by atoms with Gasteiger partial charge in [0, 0.05) is 33.3 Å². The van der Waals surface area contributed by atoms with E-state index in [1.165, 1.54) is 5.56 Å². The lowest BCUT2D eigenvalue weighted by Gasteiger charge is -2.40. The van der Waals surface area contributed by atoms with Gasteiger partial charge in [0.05, 0.1) is 11.6 Å². The summed E-state index contributed by atoms with van der Waals surface area (Å²) in [6.45, 7) is 0.693. The average molecular weight is 270 g/mol. The van der Waals surface area contributed by atoms with Gasteiger partial charge in [-0.3, -0.25) is 9.59 Å². The van der Waals surface area contributed by atoms with Crippen LogP contribution in [0.3, 0.4) is 0 Å². The van der Waals surface area contributed by atoms with Gasteiger partial charge in [0.2, 0.25) is 0 Å². The Balaban J connectivity index is 1.99. The number of benzene rings is 1. The fourth-order valence-electron chi connectivity index (χ4n) is 3.06. The van der Waals surface area contributed by atoms with Crippen LogP contribution in [0.25, 0.3) is 0 Å². The lowest BCUT2D eigenvalue weighted by molar-refractivity contribution is -0.137. The zero-order valence-electron chi connectivity index (χ0n) is 11.8. The summed E-state index contributed by atoms with van der Waals surface area (Å²) in [6, 6.07) is 8.03. The van der Waals surface area contributed by atoms with Crippen LogP contribution in [0.5, 0.6) is 0 Å². The Morgan fingerprint density at radius 2 is 2.00 bits per heavy atom. The minimum Gasteiger partial charge on any atom is -0.383 e. The molecule has 2 aliphatic heterocycles. The van der Waals surface area contributed by atoms with Crippen molar-refractivity contribution in [2.75, 3.05) is 20.6 Å². The summed E-state index contributed by atoms with van der Waals surface area (Å²) in [4.78, 5) is 28.4. The van der Waals surface area contributed by atoms with Gasteiger partial charge in [-0.1, -0.05) is 24.3 Å². The van der Waals surface area contributed by atoms with E-state index < -0.39 is 0 Å². The smallest absolute Gasteiger partial charge is 0.259 e. The van der Waals surface area contributed by atoms with Crippen molar-refractivity contribution in [3.05, 3.63) is 47.2 Å². The van der Waals surface area contributed by atoms with Crippen molar-refractivity contribution >= 4 is 11.7 Å². The molecule has 0 bridgehead atoms. The molecule has 0 aromatic heterocycles. The van der Waals surface area contributed by atoms with Crippen molar-refractivity contribution in [3.63, 3.8) is 0 Å². The van der Waals surface area contributed by atoms with Gasteiger partial charge in [0.15, 0.2) is 5.78 Å². The molecule has 4 heteroatoms. The normalized spacial score (nSPS) is 23.6. The van der Waals surface area contributed by atoms with Gasteiger partial charge < -0.3 is 9.80 Å². The average Bonchev–Trinajstić information content (AvgIpc) is 2.43. The van der Waals surface area contributed by atoms with Crippen molar-refractivity contribution in [3.8, 4) is 0 Å². The maximum atomic E-state index is 12.5. The molecule has 1 aromatic carbocycles. The molecule has 0 N–H and O–H groups in total. The third kappa shape index (κ3) is 2.01. The topological polar surface area (TPSA) is 40.6 Å². The first kappa shape index (κ1) is 12.9. The Labute approximate surface area is 118 Å². The van der Waals surface area contributed by atoms with Crippen LogP contribution in [-0.2, 0) is 16.0 Å². The molecule has 2 heterocycles. The summed E-state index contributed by atoms with van der Waals surface area (Å²) in [5.41, 5.74) is 2.70. The molecule has 104 valence electrons. The van der Waals surface area contributed by atoms with Crippen LogP contribution in [-0.4, -0.2) is 42.1 Å². The summed E-state index contributed by atoms with van der Waals surface area (Å²) in [5.74, 6) is -0.184. The van der Waals surface area contributed by atoms with Crippen LogP contribution < -0.4 is 0 Å². The largest absolute Gasteiger partial charge is 0.383 e. The van der Waals surface area contributed by atoms with Crippen LogP contribution in [0.1, 0.15) is 23.6 Å². The highest BCUT2D eigenvalue weighted by molar-refractivity contribution is 6.21. The van der Waals surface area contributed by atoms with E-state index in [0.29, 0.717) is 18.5 Å². The molecule has 0 radical (unpaired) electrons. The Bertz CT molecular complexity index is 604. The van der Waals surface area contributed by atoms with E-state index in [9.17, 15) is 9.59 Å². The van der Waals surface area contributed by atoms with E-state index in [-0.39, 0.29) is 17.7 Å². The number of rotatable bonds is 1. The number of nitrogens with zero attached hydrogens (tertiary/aromatic N) is 2. The van der Waals surface area contributed by atoms with Crippen LogP contribution in [0.15, 0.2) is 36.0 Å². The van der Waals surface area contributed by atoms with Crippen LogP contribution in [0.2, 0.25) is 0 Å². The molecule has 0 spiro atoms. The number of carbonyl (C=O) groups excluding carboxylic acids is 2. The number of fused-ring (bicyclic) bond motifs is 3. The van der Waals surface area contributed by atoms with Crippen molar-refractivity contribution in [2.24, 2.45) is 0 Å². The van der Waals surface area contributed by atoms with Crippen LogP contribution in [0.4, 0.5) is 0 Å². The summed E-state index contributed by atoms with van der Waals surface area (Å²) in [6.07, 6.45) is 2.89. The maximum absolute atomic E-state index is 12.5. The summed E-state index contributed by atoms with van der Waals surface area (Å²) in [5, 5.41) is 0. The van der Waals surface area contributed by atoms with Crippen LogP contribution in [0, 0.1) is 0 Å². The molecule has 0 saturated carbocycles. The predicted octanol–water partition coefficient (Wildman–Crippen LogP) is 1.53. The molecule has 3 rings (SSSR count). The first-order valence-corrected chi connectivity index (χ1v) is 6.88. The quantitative estimate of drug-likeness (QED) is 0.574. The maximum Gasteiger partial charge on any atom is 0.259 e. The molecule has 20 heavy (non-hydrogen) atoms. The van der Waals surface area contributed by atoms with Crippen LogP contribution >= 0.6 is 0 Å². The highest BCUT2D eigenvalue weighted by atomic mass is 16.2. The van der Waals surface area contributed by atoms with Crippen molar-refractivity contribution in [2.45, 2.75) is 18.9 Å². The van der Waals surface area contributed by atoms with E-state index >= 15 is 0 Å². The molecule has 4 nitrogen and oxygen atoms in total. The molecule has 0 unspecified atom stereocenters. The number of carbonyl (C=O) groups is 2. The standard InChI is InChI=1S/C16H18N2O2/c1-17(2)10-13-15(19)9-14-12-6-4-3-5-11(12)7-8-18(14)16(13)20/h3-6,10,14H,7-9H2,1-2H3/t14-/m0/s1. The minimum atomic E-state index is -0.130. The van der Waals surface area contributed by atoms with Crippen molar-refractivity contribution in [1.82, 2.24) is 9.80 Å².